The molecule has 1 N–H and O–H groups in total. The van der Waals surface area contributed by atoms with E-state index in [1.807, 2.05) is 59.5 Å². The quantitative estimate of drug-likeness (QED) is 0.488. The van der Waals surface area contributed by atoms with Crippen LogP contribution in [0.2, 0.25) is 0 Å². The fourth-order valence-electron chi connectivity index (χ4n) is 4.74. The molecule has 2 amide bonds. The monoisotopic (exact) mass is 485 g/mol. The number of hydrogen-bond acceptors (Lipinski definition) is 4. The number of nitrogens with one attached hydrogen (secondary N) is 1. The summed E-state index contributed by atoms with van der Waals surface area (Å²) in [4.78, 5) is 29.6. The number of nitrogens with zero attached hydrogens (tertiary/aromatic N) is 2. The molecule has 0 saturated carbocycles. The van der Waals surface area contributed by atoms with Gasteiger partial charge in [-0.2, -0.15) is 0 Å². The number of carbonyl (C=O) groups is 2. The Hall–Kier alpha value is -3.25. The van der Waals surface area contributed by atoms with E-state index in [-0.39, 0.29) is 17.2 Å². The molecule has 0 aromatic heterocycles. The van der Waals surface area contributed by atoms with Gasteiger partial charge in [0, 0.05) is 37.4 Å². The average molecular weight is 486 g/mol. The second-order valence-electron chi connectivity index (χ2n) is 9.19. The lowest BCUT2D eigenvalue weighted by Gasteiger charge is -2.28. The highest BCUT2D eigenvalue weighted by Gasteiger charge is 2.32. The van der Waals surface area contributed by atoms with Crippen LogP contribution in [0.15, 0.2) is 78.9 Å². The van der Waals surface area contributed by atoms with Crippen molar-refractivity contribution in [2.24, 2.45) is 0 Å². The number of anilines is 1. The van der Waals surface area contributed by atoms with E-state index in [0.717, 1.165) is 29.8 Å². The molecule has 0 radical (unpaired) electrons. The van der Waals surface area contributed by atoms with Crippen LogP contribution in [0.5, 0.6) is 0 Å². The van der Waals surface area contributed by atoms with Crippen LogP contribution in [0, 0.1) is 0 Å². The van der Waals surface area contributed by atoms with Gasteiger partial charge in [-0.25, -0.2) is 0 Å². The van der Waals surface area contributed by atoms with Gasteiger partial charge in [0.15, 0.2) is 0 Å². The van der Waals surface area contributed by atoms with E-state index < -0.39 is 0 Å². The highest BCUT2D eigenvalue weighted by atomic mass is 32.2. The molecule has 2 aliphatic heterocycles. The van der Waals surface area contributed by atoms with Gasteiger partial charge < -0.3 is 15.1 Å². The van der Waals surface area contributed by atoms with Crippen molar-refractivity contribution in [2.45, 2.75) is 37.7 Å². The minimum absolute atomic E-state index is 0.0294. The van der Waals surface area contributed by atoms with Gasteiger partial charge in [-0.05, 0) is 60.2 Å². The Bertz CT molecular complexity index is 1140. The zero-order valence-electron chi connectivity index (χ0n) is 19.9. The number of thioether (sulfide) groups is 1. The minimum Gasteiger partial charge on any atom is -0.372 e. The SMILES string of the molecule is O=C(NCc1ccc(N2CCCCC2)cc1)c1ccc(C2SCC(=O)N2Cc2ccccc2)cc1. The van der Waals surface area contributed by atoms with E-state index >= 15 is 0 Å². The van der Waals surface area contributed by atoms with Gasteiger partial charge in [-0.15, -0.1) is 11.8 Å². The van der Waals surface area contributed by atoms with Crippen molar-refractivity contribution in [3.05, 3.63) is 101 Å². The Morgan fingerprint density at radius 3 is 2.29 bits per heavy atom. The smallest absolute Gasteiger partial charge is 0.251 e. The third-order valence-corrected chi connectivity index (χ3v) is 7.99. The Morgan fingerprint density at radius 2 is 1.57 bits per heavy atom. The second-order valence-corrected chi connectivity index (χ2v) is 10.3. The summed E-state index contributed by atoms with van der Waals surface area (Å²) < 4.78 is 0. The summed E-state index contributed by atoms with van der Waals surface area (Å²) in [7, 11) is 0. The minimum atomic E-state index is -0.0899. The highest BCUT2D eigenvalue weighted by molar-refractivity contribution is 8.00. The maximum absolute atomic E-state index is 12.7. The van der Waals surface area contributed by atoms with E-state index in [4.69, 9.17) is 0 Å². The highest BCUT2D eigenvalue weighted by Crippen LogP contribution is 2.39. The molecule has 1 unspecified atom stereocenters. The normalized spacial score (nSPS) is 18.1. The maximum Gasteiger partial charge on any atom is 0.251 e. The number of amides is 2. The maximum atomic E-state index is 12.7. The molecule has 0 spiro atoms. The molecule has 2 saturated heterocycles. The lowest BCUT2D eigenvalue weighted by Crippen LogP contribution is -2.29. The molecule has 2 heterocycles. The predicted molar refractivity (Wildman–Crippen MR) is 142 cm³/mol. The molecule has 0 aliphatic carbocycles. The van der Waals surface area contributed by atoms with Gasteiger partial charge in [-0.1, -0.05) is 54.6 Å². The Balaban J connectivity index is 1.17. The van der Waals surface area contributed by atoms with Crippen molar-refractivity contribution < 1.29 is 9.59 Å². The molecule has 0 bridgehead atoms. The number of benzene rings is 3. The molecular weight excluding hydrogens is 454 g/mol. The third-order valence-electron chi connectivity index (χ3n) is 6.73. The van der Waals surface area contributed by atoms with Crippen molar-refractivity contribution in [3.8, 4) is 0 Å². The van der Waals surface area contributed by atoms with Crippen LogP contribution in [0.3, 0.4) is 0 Å². The summed E-state index contributed by atoms with van der Waals surface area (Å²) in [5.41, 5.74) is 5.14. The van der Waals surface area contributed by atoms with E-state index in [0.29, 0.717) is 24.4 Å². The van der Waals surface area contributed by atoms with Crippen LogP contribution >= 0.6 is 11.8 Å². The fourth-order valence-corrected chi connectivity index (χ4v) is 5.93. The van der Waals surface area contributed by atoms with Crippen molar-refractivity contribution in [2.75, 3.05) is 23.7 Å². The molecule has 1 atom stereocenters. The molecule has 180 valence electrons. The summed E-state index contributed by atoms with van der Waals surface area (Å²) in [6.45, 7) is 3.35. The van der Waals surface area contributed by atoms with Gasteiger partial charge in [0.25, 0.3) is 5.91 Å². The van der Waals surface area contributed by atoms with E-state index in [9.17, 15) is 9.59 Å². The summed E-state index contributed by atoms with van der Waals surface area (Å²) in [6, 6.07) is 26.2. The molecule has 2 aliphatic rings. The van der Waals surface area contributed by atoms with Crippen molar-refractivity contribution >= 4 is 29.3 Å². The first kappa shape index (κ1) is 23.5. The number of carbonyl (C=O) groups excluding carboxylic acids is 2. The first-order valence-corrected chi connectivity index (χ1v) is 13.4. The van der Waals surface area contributed by atoms with Crippen LogP contribution in [-0.2, 0) is 17.9 Å². The predicted octanol–water partition coefficient (Wildman–Crippen LogP) is 5.38. The first-order valence-electron chi connectivity index (χ1n) is 12.3. The number of rotatable bonds is 7. The average Bonchev–Trinajstić information content (AvgIpc) is 3.28. The molecule has 35 heavy (non-hydrogen) atoms. The standard InChI is InChI=1S/C29H31N3O2S/c33-27-21-35-29(32(27)20-23-7-3-1-4-8-23)25-13-11-24(12-14-25)28(34)30-19-22-9-15-26(16-10-22)31-17-5-2-6-18-31/h1,3-4,7-16,29H,2,5-6,17-21H2,(H,30,34). The lowest BCUT2D eigenvalue weighted by atomic mass is 10.1. The van der Waals surface area contributed by atoms with E-state index in [2.05, 4.69) is 34.5 Å². The van der Waals surface area contributed by atoms with Crippen molar-refractivity contribution in [1.29, 1.82) is 0 Å². The van der Waals surface area contributed by atoms with Crippen LogP contribution in [0.1, 0.15) is 51.7 Å². The fraction of sp³-hybridized carbons (Fsp3) is 0.310. The molecule has 5 nitrogen and oxygen atoms in total. The lowest BCUT2D eigenvalue weighted by molar-refractivity contribution is -0.128. The Morgan fingerprint density at radius 1 is 0.857 bits per heavy atom. The van der Waals surface area contributed by atoms with Gasteiger partial charge in [0.2, 0.25) is 5.91 Å². The summed E-state index contributed by atoms with van der Waals surface area (Å²) in [5, 5.41) is 3.00. The molecule has 6 heteroatoms. The van der Waals surface area contributed by atoms with Gasteiger partial charge in [0.1, 0.15) is 5.37 Å². The summed E-state index contributed by atoms with van der Waals surface area (Å²) in [5.74, 6) is 0.543. The zero-order chi connectivity index (χ0) is 24.0. The van der Waals surface area contributed by atoms with E-state index in [1.54, 1.807) is 11.8 Å². The number of piperidine rings is 1. The van der Waals surface area contributed by atoms with Gasteiger partial charge >= 0.3 is 0 Å². The summed E-state index contributed by atoms with van der Waals surface area (Å²) >= 11 is 1.64. The zero-order valence-corrected chi connectivity index (χ0v) is 20.7. The van der Waals surface area contributed by atoms with Crippen LogP contribution in [0.4, 0.5) is 5.69 Å². The third kappa shape index (κ3) is 5.70. The van der Waals surface area contributed by atoms with E-state index in [1.165, 1.54) is 24.9 Å². The topological polar surface area (TPSA) is 52.7 Å². The molecule has 3 aromatic carbocycles. The van der Waals surface area contributed by atoms with Crippen LogP contribution in [0.25, 0.3) is 0 Å². The molecule has 5 rings (SSSR count). The number of hydrogen-bond donors (Lipinski definition) is 1. The largest absolute Gasteiger partial charge is 0.372 e. The molecule has 3 aromatic rings. The van der Waals surface area contributed by atoms with Gasteiger partial charge in [-0.3, -0.25) is 9.59 Å². The van der Waals surface area contributed by atoms with Crippen LogP contribution < -0.4 is 10.2 Å². The molecule has 2 fully saturated rings. The van der Waals surface area contributed by atoms with Crippen LogP contribution in [-0.4, -0.2) is 35.6 Å². The van der Waals surface area contributed by atoms with Gasteiger partial charge in [0.05, 0.1) is 5.75 Å². The Labute approximate surface area is 211 Å². The second kappa shape index (κ2) is 11.0. The summed E-state index contributed by atoms with van der Waals surface area (Å²) in [6.07, 6.45) is 3.85. The Kier molecular flexibility index (Phi) is 7.38. The first-order chi connectivity index (χ1) is 17.2. The van der Waals surface area contributed by atoms with Crippen molar-refractivity contribution in [1.82, 2.24) is 10.2 Å². The molecular formula is C29H31N3O2S. The van der Waals surface area contributed by atoms with Crippen molar-refractivity contribution in [3.63, 3.8) is 0 Å².